The molecule has 3 N–H and O–H groups in total. The van der Waals surface area contributed by atoms with Crippen molar-refractivity contribution in [3.8, 4) is 0 Å². The van der Waals surface area contributed by atoms with Crippen molar-refractivity contribution in [2.24, 2.45) is 10.7 Å². The number of carbonyl (C=O) groups is 1. The molecule has 0 atom stereocenters. The lowest BCUT2D eigenvalue weighted by Crippen LogP contribution is -2.51. The normalized spacial score (nSPS) is 15.2. The molecule has 9 heteroatoms. The summed E-state index contributed by atoms with van der Waals surface area (Å²) in [6.45, 7) is 4.24. The largest absolute Gasteiger partial charge is 0.370 e. The number of rotatable bonds is 5. The zero-order valence-electron chi connectivity index (χ0n) is 14.3. The number of aliphatic imine (C=N–C) groups is 1. The van der Waals surface area contributed by atoms with Gasteiger partial charge in [0.2, 0.25) is 0 Å². The molecular weight excluding hydrogens is 372 g/mol. The summed E-state index contributed by atoms with van der Waals surface area (Å²) in [6.07, 6.45) is 1.82. The molecule has 1 amide bonds. The Labute approximate surface area is 161 Å². The Hall–Kier alpha value is -2.32. The molecule has 0 aliphatic carbocycles. The number of halogens is 1. The molecule has 0 unspecified atom stereocenters. The van der Waals surface area contributed by atoms with Crippen LogP contribution in [0.5, 0.6) is 0 Å². The first-order valence-corrected chi connectivity index (χ1v) is 9.62. The molecule has 1 aromatic heterocycles. The molecule has 1 aliphatic rings. The minimum Gasteiger partial charge on any atom is -0.370 e. The Kier molecular flexibility index (Phi) is 6.30. The summed E-state index contributed by atoms with van der Waals surface area (Å²) in [4.78, 5) is 25.0. The number of anilines is 1. The van der Waals surface area contributed by atoms with Gasteiger partial charge in [-0.2, -0.15) is 0 Å². The Morgan fingerprint density at radius 3 is 2.65 bits per heavy atom. The third-order valence-electron chi connectivity index (χ3n) is 4.07. The average Bonchev–Trinajstić information content (AvgIpc) is 3.20. The zero-order valence-corrected chi connectivity index (χ0v) is 15.8. The van der Waals surface area contributed by atoms with Crippen LogP contribution in [0.2, 0.25) is 5.02 Å². The summed E-state index contributed by atoms with van der Waals surface area (Å²) < 4.78 is 0. The van der Waals surface area contributed by atoms with Crippen molar-refractivity contribution in [3.63, 3.8) is 0 Å². The first-order valence-electron chi connectivity index (χ1n) is 8.36. The molecular formula is C17H21ClN6OS. The van der Waals surface area contributed by atoms with Crippen LogP contribution < -0.4 is 16.0 Å². The van der Waals surface area contributed by atoms with Crippen LogP contribution in [0.1, 0.15) is 10.4 Å². The second kappa shape index (κ2) is 8.86. The van der Waals surface area contributed by atoms with Gasteiger partial charge in [-0.05, 0) is 24.3 Å². The van der Waals surface area contributed by atoms with Crippen molar-refractivity contribution in [1.82, 2.24) is 15.2 Å². The van der Waals surface area contributed by atoms with Gasteiger partial charge in [0.25, 0.3) is 5.91 Å². The van der Waals surface area contributed by atoms with Gasteiger partial charge >= 0.3 is 0 Å². The van der Waals surface area contributed by atoms with Gasteiger partial charge in [0, 0.05) is 54.9 Å². The fourth-order valence-corrected chi connectivity index (χ4v) is 3.46. The number of hydrogen-bond donors (Lipinski definition) is 2. The molecule has 1 aliphatic heterocycles. The molecule has 2 aromatic rings. The summed E-state index contributed by atoms with van der Waals surface area (Å²) in [5, 5.41) is 6.46. The predicted octanol–water partition coefficient (Wildman–Crippen LogP) is 1.66. The fourth-order valence-electron chi connectivity index (χ4n) is 2.64. The van der Waals surface area contributed by atoms with Gasteiger partial charge in [0.15, 0.2) is 11.1 Å². The minimum absolute atomic E-state index is 0.146. The monoisotopic (exact) mass is 392 g/mol. The Morgan fingerprint density at radius 1 is 1.27 bits per heavy atom. The number of piperazine rings is 1. The lowest BCUT2D eigenvalue weighted by Gasteiger charge is -2.35. The second-order valence-electron chi connectivity index (χ2n) is 5.79. The van der Waals surface area contributed by atoms with E-state index in [1.165, 1.54) is 0 Å². The number of nitrogens with zero attached hydrogens (tertiary/aromatic N) is 4. The van der Waals surface area contributed by atoms with Crippen LogP contribution in [-0.4, -0.2) is 61.0 Å². The summed E-state index contributed by atoms with van der Waals surface area (Å²) in [6, 6.07) is 6.77. The minimum atomic E-state index is -0.146. The SMILES string of the molecule is NC(=NCCNC(=O)c1ccc(Cl)cc1)N1CCN(c2nccs2)CC1. The maximum absolute atomic E-state index is 12.0. The molecule has 0 bridgehead atoms. The lowest BCUT2D eigenvalue weighted by molar-refractivity contribution is 0.0955. The van der Waals surface area contributed by atoms with Crippen LogP contribution in [0, 0.1) is 0 Å². The quantitative estimate of drug-likeness (QED) is 0.459. The van der Waals surface area contributed by atoms with Crippen molar-refractivity contribution in [1.29, 1.82) is 0 Å². The van der Waals surface area contributed by atoms with Crippen LogP contribution in [0.3, 0.4) is 0 Å². The van der Waals surface area contributed by atoms with Gasteiger partial charge in [-0.3, -0.25) is 9.79 Å². The smallest absolute Gasteiger partial charge is 0.251 e. The Balaban J connectivity index is 1.40. The van der Waals surface area contributed by atoms with Crippen molar-refractivity contribution in [2.45, 2.75) is 0 Å². The third kappa shape index (κ3) is 4.86. The van der Waals surface area contributed by atoms with Gasteiger partial charge in [-0.1, -0.05) is 11.6 Å². The molecule has 2 heterocycles. The van der Waals surface area contributed by atoms with Gasteiger partial charge in [-0.25, -0.2) is 4.98 Å². The molecule has 7 nitrogen and oxygen atoms in total. The van der Waals surface area contributed by atoms with E-state index in [0.29, 0.717) is 29.6 Å². The first-order chi connectivity index (χ1) is 12.6. The van der Waals surface area contributed by atoms with Gasteiger partial charge in [0.1, 0.15) is 0 Å². The number of nitrogens with one attached hydrogen (secondary N) is 1. The first kappa shape index (κ1) is 18.5. The van der Waals surface area contributed by atoms with E-state index in [2.05, 4.69) is 25.1 Å². The lowest BCUT2D eigenvalue weighted by atomic mass is 10.2. The summed E-state index contributed by atoms with van der Waals surface area (Å²) in [7, 11) is 0. The zero-order chi connectivity index (χ0) is 18.4. The summed E-state index contributed by atoms with van der Waals surface area (Å²) in [5.74, 6) is 0.372. The van der Waals surface area contributed by atoms with E-state index in [-0.39, 0.29) is 5.91 Å². The van der Waals surface area contributed by atoms with E-state index in [9.17, 15) is 4.79 Å². The maximum atomic E-state index is 12.0. The fraction of sp³-hybridized carbons (Fsp3) is 0.353. The number of amides is 1. The number of aromatic nitrogens is 1. The molecule has 138 valence electrons. The van der Waals surface area contributed by atoms with Crippen LogP contribution in [0.25, 0.3) is 0 Å². The highest BCUT2D eigenvalue weighted by Gasteiger charge is 2.19. The number of carbonyl (C=O) groups excluding carboxylic acids is 1. The molecule has 26 heavy (non-hydrogen) atoms. The van der Waals surface area contributed by atoms with E-state index in [1.54, 1.807) is 35.6 Å². The van der Waals surface area contributed by atoms with Gasteiger partial charge in [0.05, 0.1) is 6.54 Å². The third-order valence-corrected chi connectivity index (χ3v) is 5.16. The van der Waals surface area contributed by atoms with Crippen LogP contribution in [0.15, 0.2) is 40.8 Å². The van der Waals surface area contributed by atoms with E-state index in [0.717, 1.165) is 31.3 Å². The topological polar surface area (TPSA) is 86.8 Å². The number of nitrogens with two attached hydrogens (primary N) is 1. The average molecular weight is 393 g/mol. The van der Waals surface area contributed by atoms with Crippen LogP contribution >= 0.6 is 22.9 Å². The summed E-state index contributed by atoms with van der Waals surface area (Å²) >= 11 is 7.46. The van der Waals surface area contributed by atoms with E-state index in [1.807, 2.05) is 11.6 Å². The predicted molar refractivity (Wildman–Crippen MR) is 106 cm³/mol. The highest BCUT2D eigenvalue weighted by molar-refractivity contribution is 7.13. The Morgan fingerprint density at radius 2 is 2.00 bits per heavy atom. The molecule has 0 spiro atoms. The molecule has 0 radical (unpaired) electrons. The van der Waals surface area contributed by atoms with Crippen LogP contribution in [0.4, 0.5) is 5.13 Å². The van der Waals surface area contributed by atoms with E-state index >= 15 is 0 Å². The van der Waals surface area contributed by atoms with Crippen molar-refractivity contribution in [2.75, 3.05) is 44.2 Å². The highest BCUT2D eigenvalue weighted by atomic mass is 35.5. The summed E-state index contributed by atoms with van der Waals surface area (Å²) in [5.41, 5.74) is 6.65. The van der Waals surface area contributed by atoms with E-state index < -0.39 is 0 Å². The molecule has 0 saturated carbocycles. The standard InChI is InChI=1S/C17H21ClN6OS/c18-14-3-1-13(2-4-14)15(25)20-5-6-21-16(19)23-8-10-24(11-9-23)17-22-7-12-26-17/h1-4,7,12H,5-6,8-11H2,(H2,19,21)(H,20,25). The maximum Gasteiger partial charge on any atom is 0.251 e. The highest BCUT2D eigenvalue weighted by Crippen LogP contribution is 2.18. The second-order valence-corrected chi connectivity index (χ2v) is 7.10. The van der Waals surface area contributed by atoms with E-state index in [4.69, 9.17) is 17.3 Å². The molecule has 3 rings (SSSR count). The van der Waals surface area contributed by atoms with Crippen molar-refractivity contribution >= 4 is 39.9 Å². The van der Waals surface area contributed by atoms with Gasteiger partial charge in [-0.15, -0.1) is 11.3 Å². The molecule has 1 saturated heterocycles. The number of hydrogen-bond acceptors (Lipinski definition) is 5. The molecule has 1 fully saturated rings. The van der Waals surface area contributed by atoms with Crippen molar-refractivity contribution < 1.29 is 4.79 Å². The Bertz CT molecular complexity index is 741. The van der Waals surface area contributed by atoms with Crippen molar-refractivity contribution in [3.05, 3.63) is 46.4 Å². The number of benzene rings is 1. The van der Waals surface area contributed by atoms with Gasteiger partial charge < -0.3 is 20.9 Å². The number of guanidine groups is 1. The number of thiazole rings is 1. The molecule has 1 aromatic carbocycles. The van der Waals surface area contributed by atoms with Crippen LogP contribution in [-0.2, 0) is 0 Å².